The summed E-state index contributed by atoms with van der Waals surface area (Å²) in [5.74, 6) is 0. The highest BCUT2D eigenvalue weighted by Gasteiger charge is 2.25. The van der Waals surface area contributed by atoms with Gasteiger partial charge < -0.3 is 14.4 Å². The van der Waals surface area contributed by atoms with E-state index in [1.54, 1.807) is 0 Å². The van der Waals surface area contributed by atoms with Gasteiger partial charge in [-0.15, -0.1) is 22.7 Å². The SMILES string of the molecule is c1ccc(N(c2ccc(-c3ccc4c5ccccc5n(-c5ccccc5)c4c3)cc2)c2ccccc2N(c2ccc3c(c2)sc2ccccc23)c2cccc3sc4ccccc4c23)cc1. The monoisotopic (exact) mass is 865 g/mol. The Hall–Kier alpha value is -7.96. The maximum Gasteiger partial charge on any atom is 0.0702 e. The molecule has 3 nitrogen and oxygen atoms in total. The molecular formula is C60H39N3S2. The third kappa shape index (κ3) is 6.23. The fourth-order valence-electron chi connectivity index (χ4n) is 9.86. The quantitative estimate of drug-likeness (QED) is 0.151. The number of benzene rings is 10. The molecule has 0 radical (unpaired) electrons. The molecule has 0 unspecified atom stereocenters. The first kappa shape index (κ1) is 37.6. The summed E-state index contributed by atoms with van der Waals surface area (Å²) in [6.07, 6.45) is 0. The van der Waals surface area contributed by atoms with E-state index in [0.29, 0.717) is 0 Å². The molecule has 0 aliphatic rings. The molecule has 0 N–H and O–H groups in total. The Morgan fingerprint density at radius 2 is 0.815 bits per heavy atom. The van der Waals surface area contributed by atoms with Crippen molar-refractivity contribution in [2.45, 2.75) is 0 Å². The van der Waals surface area contributed by atoms with Crippen molar-refractivity contribution in [1.29, 1.82) is 0 Å². The van der Waals surface area contributed by atoms with Gasteiger partial charge in [0.25, 0.3) is 0 Å². The number of anilines is 6. The van der Waals surface area contributed by atoms with E-state index in [4.69, 9.17) is 0 Å². The highest BCUT2D eigenvalue weighted by Crippen LogP contribution is 2.50. The topological polar surface area (TPSA) is 11.4 Å². The standard InChI is InChI=1S/C60H39N3S2/c1-3-16-42(17-4-1)61(44-33-30-40(31-34-44)41-32-36-47-46-20-7-10-23-51(46)62(55(47)38-41)43-18-5-2-6-19-43)52-24-11-12-25-53(52)63(45-35-37-49-48-21-8-13-27-56(48)65-59(49)39-45)54-26-15-29-58-60(54)50-22-9-14-28-57(50)64-58/h1-39H. The zero-order valence-electron chi connectivity index (χ0n) is 35.2. The van der Waals surface area contributed by atoms with Crippen LogP contribution in [0.4, 0.5) is 34.1 Å². The zero-order valence-corrected chi connectivity index (χ0v) is 36.8. The second-order valence-electron chi connectivity index (χ2n) is 16.5. The molecule has 0 saturated carbocycles. The van der Waals surface area contributed by atoms with Crippen LogP contribution in [0.3, 0.4) is 0 Å². The third-order valence-electron chi connectivity index (χ3n) is 12.8. The largest absolute Gasteiger partial charge is 0.309 e. The van der Waals surface area contributed by atoms with Crippen LogP contribution in [-0.4, -0.2) is 4.57 Å². The Morgan fingerprint density at radius 1 is 0.292 bits per heavy atom. The minimum atomic E-state index is 1.07. The number of rotatable bonds is 8. The van der Waals surface area contributed by atoms with E-state index >= 15 is 0 Å². The summed E-state index contributed by atoms with van der Waals surface area (Å²) in [7, 11) is 0. The normalized spacial score (nSPS) is 11.7. The first-order chi connectivity index (χ1) is 32.2. The van der Waals surface area contributed by atoms with E-state index < -0.39 is 0 Å². The lowest BCUT2D eigenvalue weighted by Crippen LogP contribution is -2.17. The van der Waals surface area contributed by atoms with Gasteiger partial charge in [0.05, 0.1) is 28.1 Å². The Balaban J connectivity index is 0.986. The van der Waals surface area contributed by atoms with Crippen LogP contribution in [-0.2, 0) is 0 Å². The van der Waals surface area contributed by atoms with Crippen LogP contribution in [0.5, 0.6) is 0 Å². The maximum absolute atomic E-state index is 2.49. The summed E-state index contributed by atoms with van der Waals surface area (Å²) < 4.78 is 7.52. The number of thiophene rings is 2. The van der Waals surface area contributed by atoms with Crippen molar-refractivity contribution in [2.75, 3.05) is 9.80 Å². The van der Waals surface area contributed by atoms with Gasteiger partial charge in [0.1, 0.15) is 0 Å². The van der Waals surface area contributed by atoms with Gasteiger partial charge in [-0.3, -0.25) is 0 Å². The number of para-hydroxylation sites is 5. The minimum Gasteiger partial charge on any atom is -0.309 e. The maximum atomic E-state index is 2.49. The second kappa shape index (κ2) is 15.4. The van der Waals surface area contributed by atoms with Crippen molar-refractivity contribution in [3.05, 3.63) is 237 Å². The second-order valence-corrected chi connectivity index (χ2v) is 18.7. The van der Waals surface area contributed by atoms with Gasteiger partial charge in [-0.05, 0) is 108 Å². The molecule has 13 rings (SSSR count). The van der Waals surface area contributed by atoms with Crippen molar-refractivity contribution in [1.82, 2.24) is 4.57 Å². The lowest BCUT2D eigenvalue weighted by atomic mass is 10.0. The van der Waals surface area contributed by atoms with Crippen LogP contribution in [0, 0.1) is 0 Å². The van der Waals surface area contributed by atoms with Gasteiger partial charge in [-0.2, -0.15) is 0 Å². The summed E-state index contributed by atoms with van der Waals surface area (Å²) in [5, 5.41) is 7.62. The van der Waals surface area contributed by atoms with Crippen molar-refractivity contribution in [2.24, 2.45) is 0 Å². The molecule has 0 amide bonds. The molecule has 3 heterocycles. The molecule has 13 aromatic rings. The Kier molecular flexibility index (Phi) is 8.90. The van der Waals surface area contributed by atoms with Crippen molar-refractivity contribution >= 4 is 119 Å². The van der Waals surface area contributed by atoms with E-state index in [1.165, 1.54) is 67.7 Å². The predicted molar refractivity (Wildman–Crippen MR) is 281 cm³/mol. The number of nitrogens with zero attached hydrogens (tertiary/aromatic N) is 3. The molecule has 0 bridgehead atoms. The molecular weight excluding hydrogens is 827 g/mol. The fraction of sp³-hybridized carbons (Fsp3) is 0. The lowest BCUT2D eigenvalue weighted by Gasteiger charge is -2.33. The molecule has 65 heavy (non-hydrogen) atoms. The van der Waals surface area contributed by atoms with E-state index in [-0.39, 0.29) is 0 Å². The highest BCUT2D eigenvalue weighted by atomic mass is 32.1. The first-order valence-electron chi connectivity index (χ1n) is 22.0. The van der Waals surface area contributed by atoms with E-state index in [9.17, 15) is 0 Å². The lowest BCUT2D eigenvalue weighted by molar-refractivity contribution is 1.18. The van der Waals surface area contributed by atoms with E-state index in [2.05, 4.69) is 251 Å². The average Bonchev–Trinajstić information content (AvgIpc) is 4.05. The van der Waals surface area contributed by atoms with Crippen LogP contribution >= 0.6 is 22.7 Å². The molecule has 0 aliphatic carbocycles. The predicted octanol–water partition coefficient (Wildman–Crippen LogP) is 18.1. The molecule has 0 aliphatic heterocycles. The highest BCUT2D eigenvalue weighted by molar-refractivity contribution is 7.26. The minimum absolute atomic E-state index is 1.07. The van der Waals surface area contributed by atoms with E-state index in [1.807, 2.05) is 22.7 Å². The number of hydrogen-bond donors (Lipinski definition) is 0. The fourth-order valence-corrected chi connectivity index (χ4v) is 12.1. The van der Waals surface area contributed by atoms with E-state index in [0.717, 1.165) is 45.4 Å². The summed E-state index contributed by atoms with van der Waals surface area (Å²) in [6, 6.07) is 86.4. The number of fused-ring (bicyclic) bond motifs is 9. The molecule has 5 heteroatoms. The molecule has 3 aromatic heterocycles. The summed E-state index contributed by atoms with van der Waals surface area (Å²) >= 11 is 3.72. The van der Waals surface area contributed by atoms with Crippen LogP contribution in [0.15, 0.2) is 237 Å². The van der Waals surface area contributed by atoms with Gasteiger partial charge in [0, 0.05) is 73.9 Å². The van der Waals surface area contributed by atoms with Crippen molar-refractivity contribution < 1.29 is 0 Å². The van der Waals surface area contributed by atoms with Crippen molar-refractivity contribution in [3.8, 4) is 16.8 Å². The van der Waals surface area contributed by atoms with Crippen LogP contribution in [0.1, 0.15) is 0 Å². The smallest absolute Gasteiger partial charge is 0.0702 e. The Morgan fingerprint density at radius 3 is 1.62 bits per heavy atom. The summed E-state index contributed by atoms with van der Waals surface area (Å²) in [4.78, 5) is 4.90. The average molecular weight is 866 g/mol. The molecule has 0 fully saturated rings. The first-order valence-corrected chi connectivity index (χ1v) is 23.6. The van der Waals surface area contributed by atoms with Gasteiger partial charge in [-0.25, -0.2) is 0 Å². The third-order valence-corrected chi connectivity index (χ3v) is 15.0. The summed E-state index contributed by atoms with van der Waals surface area (Å²) in [6.45, 7) is 0. The van der Waals surface area contributed by atoms with Crippen LogP contribution in [0.2, 0.25) is 0 Å². The van der Waals surface area contributed by atoms with Crippen molar-refractivity contribution in [3.63, 3.8) is 0 Å². The number of hydrogen-bond acceptors (Lipinski definition) is 4. The van der Waals surface area contributed by atoms with Gasteiger partial charge >= 0.3 is 0 Å². The van der Waals surface area contributed by atoms with Gasteiger partial charge in [0.2, 0.25) is 0 Å². The molecule has 0 spiro atoms. The van der Waals surface area contributed by atoms with Crippen LogP contribution in [0.25, 0.3) is 79.0 Å². The Labute approximate surface area is 384 Å². The zero-order chi connectivity index (χ0) is 42.8. The number of aromatic nitrogens is 1. The summed E-state index contributed by atoms with van der Waals surface area (Å²) in [5.41, 5.74) is 12.5. The van der Waals surface area contributed by atoms with Crippen LogP contribution < -0.4 is 9.80 Å². The van der Waals surface area contributed by atoms with Gasteiger partial charge in [-0.1, -0.05) is 140 Å². The molecule has 306 valence electrons. The Bertz CT molecular complexity index is 3900. The molecule has 0 saturated heterocycles. The molecule has 0 atom stereocenters. The van der Waals surface area contributed by atoms with Gasteiger partial charge in [0.15, 0.2) is 0 Å². The molecule has 10 aromatic carbocycles.